The van der Waals surface area contributed by atoms with Gasteiger partial charge in [0, 0.05) is 44.7 Å². The van der Waals surface area contributed by atoms with Crippen LogP contribution >= 0.6 is 0 Å². The summed E-state index contributed by atoms with van der Waals surface area (Å²) in [4.78, 5) is 4.88. The van der Waals surface area contributed by atoms with Gasteiger partial charge in [-0.05, 0) is 39.6 Å². The number of hydrogen-bond donors (Lipinski definition) is 1. The molecule has 0 aromatic carbocycles. The summed E-state index contributed by atoms with van der Waals surface area (Å²) in [6, 6.07) is 5.17. The Morgan fingerprint density at radius 3 is 3.00 bits per heavy atom. The second-order valence-electron chi connectivity index (χ2n) is 5.82. The Bertz CT molecular complexity index is 352. The largest absolute Gasteiger partial charge is 0.469 e. The van der Waals surface area contributed by atoms with E-state index in [1.165, 1.54) is 13.1 Å². The Labute approximate surface area is 116 Å². The van der Waals surface area contributed by atoms with Crippen molar-refractivity contribution in [3.05, 3.63) is 24.2 Å². The van der Waals surface area contributed by atoms with E-state index in [0.29, 0.717) is 12.1 Å². The molecule has 108 valence electrons. The lowest BCUT2D eigenvalue weighted by Crippen LogP contribution is -2.54. The van der Waals surface area contributed by atoms with Gasteiger partial charge in [0.2, 0.25) is 0 Å². The molecule has 1 fully saturated rings. The first-order chi connectivity index (χ1) is 9.15. The molecule has 4 heteroatoms. The first-order valence-electron chi connectivity index (χ1n) is 7.29. The second kappa shape index (κ2) is 7.08. The van der Waals surface area contributed by atoms with E-state index in [0.717, 1.165) is 31.7 Å². The van der Waals surface area contributed by atoms with E-state index in [-0.39, 0.29) is 0 Å². The van der Waals surface area contributed by atoms with Gasteiger partial charge in [-0.2, -0.15) is 0 Å². The Morgan fingerprint density at radius 1 is 1.42 bits per heavy atom. The number of hydrogen-bond acceptors (Lipinski definition) is 4. The fourth-order valence-corrected chi connectivity index (χ4v) is 2.57. The van der Waals surface area contributed by atoms with E-state index < -0.39 is 0 Å². The zero-order chi connectivity index (χ0) is 13.7. The van der Waals surface area contributed by atoms with Crippen LogP contribution in [-0.4, -0.2) is 62.2 Å². The third-order valence-electron chi connectivity index (χ3n) is 4.09. The van der Waals surface area contributed by atoms with Crippen molar-refractivity contribution in [2.45, 2.75) is 31.8 Å². The highest BCUT2D eigenvalue weighted by Crippen LogP contribution is 2.08. The monoisotopic (exact) mass is 265 g/mol. The fourth-order valence-electron chi connectivity index (χ4n) is 2.57. The van der Waals surface area contributed by atoms with Gasteiger partial charge in [0.25, 0.3) is 0 Å². The number of piperazine rings is 1. The molecule has 0 radical (unpaired) electrons. The van der Waals surface area contributed by atoms with Crippen molar-refractivity contribution in [1.82, 2.24) is 15.1 Å². The van der Waals surface area contributed by atoms with Gasteiger partial charge < -0.3 is 14.6 Å². The lowest BCUT2D eigenvalue weighted by molar-refractivity contribution is 0.111. The molecule has 1 N–H and O–H groups in total. The molecule has 0 saturated carbocycles. The van der Waals surface area contributed by atoms with Crippen LogP contribution in [-0.2, 0) is 6.42 Å². The maximum absolute atomic E-state index is 5.37. The van der Waals surface area contributed by atoms with Gasteiger partial charge >= 0.3 is 0 Å². The number of nitrogens with one attached hydrogen (secondary N) is 1. The summed E-state index contributed by atoms with van der Waals surface area (Å²) in [6.07, 6.45) is 3.89. The van der Waals surface area contributed by atoms with Gasteiger partial charge in [-0.15, -0.1) is 0 Å². The van der Waals surface area contributed by atoms with Crippen molar-refractivity contribution in [3.63, 3.8) is 0 Å². The van der Waals surface area contributed by atoms with Crippen molar-refractivity contribution in [1.29, 1.82) is 0 Å². The summed E-state index contributed by atoms with van der Waals surface area (Å²) in [7, 11) is 4.44. The van der Waals surface area contributed by atoms with Crippen molar-refractivity contribution in [3.8, 4) is 0 Å². The number of furan rings is 1. The van der Waals surface area contributed by atoms with Crippen molar-refractivity contribution in [2.75, 3.05) is 40.3 Å². The third kappa shape index (κ3) is 4.64. The number of likely N-dealkylation sites (N-methyl/N-ethyl adjacent to an activating group) is 2. The fraction of sp³-hybridized carbons (Fsp3) is 0.733. The van der Waals surface area contributed by atoms with Crippen molar-refractivity contribution in [2.24, 2.45) is 0 Å². The first-order valence-corrected chi connectivity index (χ1v) is 7.29. The van der Waals surface area contributed by atoms with Gasteiger partial charge in [0.05, 0.1) is 6.26 Å². The Balaban J connectivity index is 1.66. The predicted octanol–water partition coefficient (Wildman–Crippen LogP) is 1.44. The van der Waals surface area contributed by atoms with E-state index in [1.807, 2.05) is 6.07 Å². The molecule has 1 aromatic heterocycles. The maximum Gasteiger partial charge on any atom is 0.103 e. The van der Waals surface area contributed by atoms with E-state index >= 15 is 0 Å². The zero-order valence-corrected chi connectivity index (χ0v) is 12.4. The molecule has 2 rings (SSSR count). The molecule has 2 heterocycles. The Hall–Kier alpha value is -0.840. The molecule has 1 aliphatic heterocycles. The van der Waals surface area contributed by atoms with Crippen molar-refractivity contribution >= 4 is 0 Å². The summed E-state index contributed by atoms with van der Waals surface area (Å²) < 4.78 is 5.37. The lowest BCUT2D eigenvalue weighted by Gasteiger charge is -2.38. The van der Waals surface area contributed by atoms with Crippen molar-refractivity contribution < 1.29 is 4.42 Å². The normalized spacial score (nSPS) is 23.6. The van der Waals surface area contributed by atoms with Gasteiger partial charge in [0.15, 0.2) is 0 Å². The second-order valence-corrected chi connectivity index (χ2v) is 5.82. The molecule has 1 saturated heterocycles. The van der Waals surface area contributed by atoms with Crippen LogP contribution in [0, 0.1) is 0 Å². The SMILES string of the molecule is CC(CCc1ccco1)NCC1CN(C)CCN1C. The van der Waals surface area contributed by atoms with Gasteiger partial charge in [0.1, 0.15) is 5.76 Å². The molecule has 1 aromatic rings. The molecule has 2 atom stereocenters. The summed E-state index contributed by atoms with van der Waals surface area (Å²) in [5.74, 6) is 1.09. The quantitative estimate of drug-likeness (QED) is 0.843. The molecule has 0 aliphatic carbocycles. The van der Waals surface area contributed by atoms with E-state index in [4.69, 9.17) is 4.42 Å². The van der Waals surface area contributed by atoms with E-state index in [2.05, 4.69) is 42.2 Å². The lowest BCUT2D eigenvalue weighted by atomic mass is 10.1. The zero-order valence-electron chi connectivity index (χ0n) is 12.4. The minimum atomic E-state index is 0.533. The Kier molecular flexibility index (Phi) is 5.43. The van der Waals surface area contributed by atoms with E-state index in [1.54, 1.807) is 6.26 Å². The standard InChI is InChI=1S/C15H27N3O/c1-13(6-7-15-5-4-10-19-15)16-11-14-12-17(2)8-9-18(14)3/h4-5,10,13-14,16H,6-9,11-12H2,1-3H3. The summed E-state index contributed by atoms with van der Waals surface area (Å²) >= 11 is 0. The van der Waals surface area contributed by atoms with Crippen LogP contribution in [0.3, 0.4) is 0 Å². The number of nitrogens with zero attached hydrogens (tertiary/aromatic N) is 2. The van der Waals surface area contributed by atoms with Crippen LogP contribution in [0.4, 0.5) is 0 Å². The molecular formula is C15H27N3O. The topological polar surface area (TPSA) is 31.7 Å². The molecule has 0 bridgehead atoms. The number of rotatable bonds is 6. The molecule has 19 heavy (non-hydrogen) atoms. The van der Waals surface area contributed by atoms with Crippen LogP contribution < -0.4 is 5.32 Å². The average Bonchev–Trinajstić information content (AvgIpc) is 2.90. The predicted molar refractivity (Wildman–Crippen MR) is 78.4 cm³/mol. The summed E-state index contributed by atoms with van der Waals surface area (Å²) in [6.45, 7) is 6.84. The van der Waals surface area contributed by atoms with Gasteiger partial charge in [-0.3, -0.25) is 4.90 Å². The van der Waals surface area contributed by atoms with Gasteiger partial charge in [-0.1, -0.05) is 0 Å². The molecule has 4 nitrogen and oxygen atoms in total. The van der Waals surface area contributed by atoms with Crippen LogP contribution in [0.25, 0.3) is 0 Å². The van der Waals surface area contributed by atoms with Crippen LogP contribution in [0.15, 0.2) is 22.8 Å². The minimum absolute atomic E-state index is 0.533. The highest BCUT2D eigenvalue weighted by atomic mass is 16.3. The summed E-state index contributed by atoms with van der Waals surface area (Å²) in [5, 5.41) is 3.66. The molecule has 1 aliphatic rings. The molecule has 2 unspecified atom stereocenters. The molecule has 0 spiro atoms. The van der Waals surface area contributed by atoms with Gasteiger partial charge in [-0.25, -0.2) is 0 Å². The van der Waals surface area contributed by atoms with E-state index in [9.17, 15) is 0 Å². The molecular weight excluding hydrogens is 238 g/mol. The first kappa shape index (κ1) is 14.6. The minimum Gasteiger partial charge on any atom is -0.469 e. The average molecular weight is 265 g/mol. The van der Waals surface area contributed by atoms with Crippen LogP contribution in [0.5, 0.6) is 0 Å². The highest BCUT2D eigenvalue weighted by molar-refractivity contribution is 4.98. The maximum atomic E-state index is 5.37. The smallest absolute Gasteiger partial charge is 0.103 e. The highest BCUT2D eigenvalue weighted by Gasteiger charge is 2.22. The molecule has 0 amide bonds. The summed E-state index contributed by atoms with van der Waals surface area (Å²) in [5.41, 5.74) is 0. The van der Waals surface area contributed by atoms with Crippen LogP contribution in [0.1, 0.15) is 19.1 Å². The van der Waals surface area contributed by atoms with Crippen LogP contribution in [0.2, 0.25) is 0 Å². The third-order valence-corrected chi connectivity index (χ3v) is 4.09. The number of aryl methyl sites for hydroxylation is 1. The Morgan fingerprint density at radius 2 is 2.26 bits per heavy atom.